The van der Waals surface area contributed by atoms with Crippen molar-refractivity contribution in [1.29, 1.82) is 0 Å². The highest BCUT2D eigenvalue weighted by molar-refractivity contribution is 7.89. The highest BCUT2D eigenvalue weighted by Crippen LogP contribution is 2.06. The van der Waals surface area contributed by atoms with E-state index in [1.807, 2.05) is 14.1 Å². The van der Waals surface area contributed by atoms with Gasteiger partial charge in [-0.3, -0.25) is 0 Å². The molecule has 0 bridgehead atoms. The van der Waals surface area contributed by atoms with E-state index in [0.29, 0.717) is 13.0 Å². The fraction of sp³-hybridized carbons (Fsp3) is 0.417. The van der Waals surface area contributed by atoms with Gasteiger partial charge in [-0.05, 0) is 18.7 Å². The molecule has 0 aliphatic carbocycles. The Morgan fingerprint density at radius 2 is 2.14 bits per heavy atom. The van der Waals surface area contributed by atoms with Gasteiger partial charge in [0.15, 0.2) is 5.03 Å². The van der Waals surface area contributed by atoms with Crippen LogP contribution in [0.1, 0.15) is 11.4 Å². The minimum atomic E-state index is -3.60. The lowest BCUT2D eigenvalue weighted by atomic mass is 10.3. The molecule has 0 amide bonds. The first-order chi connectivity index (χ1) is 10.0. The Morgan fingerprint density at radius 1 is 1.33 bits per heavy atom. The molecule has 2 aromatic heterocycles. The van der Waals surface area contributed by atoms with E-state index >= 15 is 0 Å². The second-order valence-electron chi connectivity index (χ2n) is 4.54. The molecule has 21 heavy (non-hydrogen) atoms. The summed E-state index contributed by atoms with van der Waals surface area (Å²) in [7, 11) is 0.0325. The van der Waals surface area contributed by atoms with Gasteiger partial charge in [-0.1, -0.05) is 6.07 Å². The van der Waals surface area contributed by atoms with Crippen LogP contribution in [0, 0.1) is 0 Å². The number of nitrogens with one attached hydrogen (secondary N) is 2. The van der Waals surface area contributed by atoms with Crippen LogP contribution in [-0.2, 0) is 30.0 Å². The molecule has 0 spiro atoms. The summed E-state index contributed by atoms with van der Waals surface area (Å²) >= 11 is 0. The van der Waals surface area contributed by atoms with E-state index in [1.165, 1.54) is 6.07 Å². The lowest BCUT2D eigenvalue weighted by Crippen LogP contribution is -2.27. The van der Waals surface area contributed by atoms with Crippen molar-refractivity contribution in [1.82, 2.24) is 29.8 Å². The van der Waals surface area contributed by atoms with Gasteiger partial charge >= 0.3 is 0 Å². The van der Waals surface area contributed by atoms with E-state index in [0.717, 1.165) is 11.4 Å². The van der Waals surface area contributed by atoms with E-state index < -0.39 is 10.0 Å². The number of aryl methyl sites for hydroxylation is 1. The van der Waals surface area contributed by atoms with Crippen LogP contribution in [0.25, 0.3) is 0 Å². The van der Waals surface area contributed by atoms with Gasteiger partial charge in [0.25, 0.3) is 10.0 Å². The predicted molar refractivity (Wildman–Crippen MR) is 76.9 cm³/mol. The van der Waals surface area contributed by atoms with E-state index in [-0.39, 0.29) is 11.6 Å². The van der Waals surface area contributed by atoms with Crippen molar-refractivity contribution in [2.45, 2.75) is 18.0 Å². The summed E-state index contributed by atoms with van der Waals surface area (Å²) in [4.78, 5) is 3.98. The summed E-state index contributed by atoms with van der Waals surface area (Å²) in [6, 6.07) is 3.23. The predicted octanol–water partition coefficient (Wildman–Crippen LogP) is -0.549. The molecule has 0 saturated heterocycles. The molecule has 2 aromatic rings. The maximum Gasteiger partial charge on any atom is 0.258 e. The fourth-order valence-electron chi connectivity index (χ4n) is 1.78. The van der Waals surface area contributed by atoms with Crippen molar-refractivity contribution in [3.8, 4) is 0 Å². The molecule has 2 N–H and O–H groups in total. The molecule has 0 atom stereocenters. The van der Waals surface area contributed by atoms with Crippen molar-refractivity contribution < 1.29 is 8.42 Å². The van der Waals surface area contributed by atoms with Crippen LogP contribution in [0.3, 0.4) is 0 Å². The van der Waals surface area contributed by atoms with E-state index in [2.05, 4.69) is 25.2 Å². The van der Waals surface area contributed by atoms with Gasteiger partial charge in [0.05, 0.1) is 0 Å². The molecule has 8 nitrogen and oxygen atoms in total. The smallest absolute Gasteiger partial charge is 0.258 e. The molecule has 0 fully saturated rings. The summed E-state index contributed by atoms with van der Waals surface area (Å²) < 4.78 is 28.4. The monoisotopic (exact) mass is 310 g/mol. The van der Waals surface area contributed by atoms with Crippen molar-refractivity contribution in [3.05, 3.63) is 36.0 Å². The zero-order valence-electron chi connectivity index (χ0n) is 11.9. The van der Waals surface area contributed by atoms with Crippen molar-refractivity contribution in [2.75, 3.05) is 13.6 Å². The fourth-order valence-corrected chi connectivity index (χ4v) is 2.74. The highest BCUT2D eigenvalue weighted by atomic mass is 32.2. The van der Waals surface area contributed by atoms with Gasteiger partial charge in [-0.25, -0.2) is 18.1 Å². The SMILES string of the molecule is CNCc1ccc(S(=O)(=O)NCCc2nncn2C)nc1. The van der Waals surface area contributed by atoms with Gasteiger partial charge in [-0.15, -0.1) is 10.2 Å². The Bertz CT molecular complexity index is 680. The Labute approximate surface area is 123 Å². The van der Waals surface area contributed by atoms with Crippen molar-refractivity contribution in [2.24, 2.45) is 7.05 Å². The molecule has 0 radical (unpaired) electrons. The number of aromatic nitrogens is 4. The molecule has 2 heterocycles. The van der Waals surface area contributed by atoms with Crippen LogP contribution in [0.4, 0.5) is 0 Å². The van der Waals surface area contributed by atoms with Crippen LogP contribution >= 0.6 is 0 Å². The molecule has 114 valence electrons. The van der Waals surface area contributed by atoms with Crippen molar-refractivity contribution >= 4 is 10.0 Å². The summed E-state index contributed by atoms with van der Waals surface area (Å²) in [6.45, 7) is 0.891. The van der Waals surface area contributed by atoms with Gasteiger partial charge in [0.1, 0.15) is 12.2 Å². The van der Waals surface area contributed by atoms with Crippen LogP contribution in [0.2, 0.25) is 0 Å². The lowest BCUT2D eigenvalue weighted by Gasteiger charge is -2.06. The average molecular weight is 310 g/mol. The van der Waals surface area contributed by atoms with Crippen LogP contribution in [0.5, 0.6) is 0 Å². The molecular weight excluding hydrogens is 292 g/mol. The molecule has 0 unspecified atom stereocenters. The van der Waals surface area contributed by atoms with E-state index in [4.69, 9.17) is 0 Å². The van der Waals surface area contributed by atoms with Gasteiger partial charge in [0, 0.05) is 32.8 Å². The normalized spacial score (nSPS) is 11.7. The Morgan fingerprint density at radius 3 is 2.71 bits per heavy atom. The number of hydrogen-bond acceptors (Lipinski definition) is 6. The standard InChI is InChI=1S/C12H18N6O2S/c1-13-7-10-3-4-12(14-8-10)21(19,20)16-6-5-11-17-15-9-18(11)2/h3-4,8-9,13,16H,5-7H2,1-2H3. The maximum atomic E-state index is 12.1. The van der Waals surface area contributed by atoms with Crippen LogP contribution in [-0.4, -0.2) is 41.8 Å². The zero-order valence-corrected chi connectivity index (χ0v) is 12.8. The van der Waals surface area contributed by atoms with Gasteiger partial charge in [-0.2, -0.15) is 0 Å². The van der Waals surface area contributed by atoms with Gasteiger partial charge < -0.3 is 9.88 Å². The summed E-state index contributed by atoms with van der Waals surface area (Å²) in [6.07, 6.45) is 3.59. The molecule has 0 aliphatic heterocycles. The topological polar surface area (TPSA) is 102 Å². The lowest BCUT2D eigenvalue weighted by molar-refractivity contribution is 0.576. The number of nitrogens with zero attached hydrogens (tertiary/aromatic N) is 4. The van der Waals surface area contributed by atoms with Crippen molar-refractivity contribution in [3.63, 3.8) is 0 Å². The summed E-state index contributed by atoms with van der Waals surface area (Å²) in [5.74, 6) is 0.718. The quantitative estimate of drug-likeness (QED) is 0.711. The average Bonchev–Trinajstić information content (AvgIpc) is 2.85. The third-order valence-electron chi connectivity index (χ3n) is 2.90. The second kappa shape index (κ2) is 6.74. The Hall–Kier alpha value is -1.84. The Kier molecular flexibility index (Phi) is 4.99. The highest BCUT2D eigenvalue weighted by Gasteiger charge is 2.15. The number of rotatable bonds is 7. The van der Waals surface area contributed by atoms with E-state index in [1.54, 1.807) is 23.2 Å². The van der Waals surface area contributed by atoms with E-state index in [9.17, 15) is 8.42 Å². The van der Waals surface area contributed by atoms with Gasteiger partial charge in [0.2, 0.25) is 0 Å². The van der Waals surface area contributed by atoms with Crippen LogP contribution in [0.15, 0.2) is 29.7 Å². The molecule has 0 aliphatic rings. The maximum absolute atomic E-state index is 12.1. The molecule has 0 aromatic carbocycles. The Balaban J connectivity index is 1.96. The third-order valence-corrected chi connectivity index (χ3v) is 4.28. The van der Waals surface area contributed by atoms with Crippen LogP contribution < -0.4 is 10.0 Å². The minimum absolute atomic E-state index is 0.0142. The largest absolute Gasteiger partial charge is 0.321 e. The first kappa shape index (κ1) is 15.5. The summed E-state index contributed by atoms with van der Waals surface area (Å²) in [5.41, 5.74) is 0.926. The summed E-state index contributed by atoms with van der Waals surface area (Å²) in [5, 5.41) is 10.6. The zero-order chi connectivity index (χ0) is 15.3. The molecule has 0 saturated carbocycles. The first-order valence-corrected chi connectivity index (χ1v) is 7.93. The number of sulfonamides is 1. The molecule has 2 rings (SSSR count). The number of pyridine rings is 1. The third kappa shape index (κ3) is 4.06. The second-order valence-corrected chi connectivity index (χ2v) is 6.25. The molecular formula is C12H18N6O2S. The first-order valence-electron chi connectivity index (χ1n) is 6.45. The molecule has 9 heteroatoms. The minimum Gasteiger partial charge on any atom is -0.321 e. The number of hydrogen-bond donors (Lipinski definition) is 2.